The van der Waals surface area contributed by atoms with Crippen LogP contribution in [0.4, 0.5) is 0 Å². The second kappa shape index (κ2) is 10.3. The molecule has 0 saturated heterocycles. The van der Waals surface area contributed by atoms with E-state index in [1.807, 2.05) is 18.2 Å². The minimum atomic E-state index is -0.930. The van der Waals surface area contributed by atoms with E-state index in [-0.39, 0.29) is 13.0 Å². The van der Waals surface area contributed by atoms with Crippen LogP contribution in [0.5, 0.6) is 17.2 Å². The molecule has 1 heterocycles. The largest absolute Gasteiger partial charge is 0.497 e. The fourth-order valence-corrected chi connectivity index (χ4v) is 4.17. The Morgan fingerprint density at radius 1 is 1.03 bits per heavy atom. The van der Waals surface area contributed by atoms with Crippen molar-refractivity contribution in [2.24, 2.45) is 11.7 Å². The third kappa shape index (κ3) is 5.31. The lowest BCUT2D eigenvalue weighted by Crippen LogP contribution is -2.04. The Hall–Kier alpha value is -3.97. The Labute approximate surface area is 209 Å². The maximum atomic E-state index is 11.3. The molecule has 0 aliphatic heterocycles. The minimum absolute atomic E-state index is 0.147. The van der Waals surface area contributed by atoms with Gasteiger partial charge >= 0.3 is 5.97 Å². The average Bonchev–Trinajstić information content (AvgIpc) is 3.64. The number of benzene rings is 3. The SMILES string of the molecule is COc1ccc(CC(=O)O)c(OCc2coc3c(OCC4CC4)cc(-c4cccc(CN)c4)cc23)c1. The van der Waals surface area contributed by atoms with Crippen molar-refractivity contribution in [1.29, 1.82) is 0 Å². The van der Waals surface area contributed by atoms with E-state index in [4.69, 9.17) is 24.4 Å². The second-order valence-corrected chi connectivity index (χ2v) is 9.10. The van der Waals surface area contributed by atoms with Gasteiger partial charge in [-0.3, -0.25) is 4.79 Å². The first-order valence-electron chi connectivity index (χ1n) is 12.0. The van der Waals surface area contributed by atoms with E-state index < -0.39 is 5.97 Å². The predicted molar refractivity (Wildman–Crippen MR) is 136 cm³/mol. The van der Waals surface area contributed by atoms with Gasteiger partial charge in [0.25, 0.3) is 0 Å². The summed E-state index contributed by atoms with van der Waals surface area (Å²) < 4.78 is 23.5. The highest BCUT2D eigenvalue weighted by molar-refractivity contribution is 5.91. The van der Waals surface area contributed by atoms with Crippen LogP contribution in [0, 0.1) is 5.92 Å². The smallest absolute Gasteiger partial charge is 0.307 e. The molecule has 7 heteroatoms. The summed E-state index contributed by atoms with van der Waals surface area (Å²) >= 11 is 0. The Kier molecular flexibility index (Phi) is 6.82. The van der Waals surface area contributed by atoms with Crippen molar-refractivity contribution in [3.8, 4) is 28.4 Å². The molecule has 4 aromatic rings. The number of aliphatic carboxylic acids is 1. The van der Waals surface area contributed by atoms with Crippen LogP contribution in [0.15, 0.2) is 65.3 Å². The van der Waals surface area contributed by atoms with Crippen LogP contribution in [-0.4, -0.2) is 24.8 Å². The van der Waals surface area contributed by atoms with Crippen LogP contribution in [0.3, 0.4) is 0 Å². The molecule has 1 fully saturated rings. The number of rotatable bonds is 11. The molecule has 36 heavy (non-hydrogen) atoms. The van der Waals surface area contributed by atoms with Crippen molar-refractivity contribution in [2.75, 3.05) is 13.7 Å². The molecule has 0 unspecified atom stereocenters. The molecule has 0 amide bonds. The Bertz CT molecular complexity index is 1390. The third-order valence-electron chi connectivity index (χ3n) is 6.39. The van der Waals surface area contributed by atoms with E-state index in [0.717, 1.165) is 27.6 Å². The number of methoxy groups -OCH3 is 1. The number of hydrogen-bond acceptors (Lipinski definition) is 6. The van der Waals surface area contributed by atoms with Crippen molar-refractivity contribution in [3.05, 3.63) is 77.6 Å². The lowest BCUT2D eigenvalue weighted by molar-refractivity contribution is -0.136. The van der Waals surface area contributed by atoms with Gasteiger partial charge in [0.05, 0.1) is 26.4 Å². The number of carbonyl (C=O) groups is 1. The monoisotopic (exact) mass is 487 g/mol. The van der Waals surface area contributed by atoms with E-state index in [2.05, 4.69) is 18.2 Å². The van der Waals surface area contributed by atoms with Gasteiger partial charge < -0.3 is 29.5 Å². The summed E-state index contributed by atoms with van der Waals surface area (Å²) in [6.45, 7) is 1.32. The van der Waals surface area contributed by atoms with Gasteiger partial charge in [-0.15, -0.1) is 0 Å². The zero-order valence-corrected chi connectivity index (χ0v) is 20.2. The summed E-state index contributed by atoms with van der Waals surface area (Å²) in [4.78, 5) is 11.3. The first-order valence-corrected chi connectivity index (χ1v) is 12.0. The number of furan rings is 1. The minimum Gasteiger partial charge on any atom is -0.497 e. The summed E-state index contributed by atoms with van der Waals surface area (Å²) in [6.07, 6.45) is 3.91. The van der Waals surface area contributed by atoms with Crippen molar-refractivity contribution in [3.63, 3.8) is 0 Å². The fraction of sp³-hybridized carbons (Fsp3) is 0.276. The molecular formula is C29H29NO6. The number of ether oxygens (including phenoxy) is 3. The molecular weight excluding hydrogens is 458 g/mol. The van der Waals surface area contributed by atoms with Crippen molar-refractivity contribution in [1.82, 2.24) is 0 Å². The Morgan fingerprint density at radius 2 is 1.89 bits per heavy atom. The molecule has 0 bridgehead atoms. The van der Waals surface area contributed by atoms with Gasteiger partial charge in [-0.1, -0.05) is 24.3 Å². The van der Waals surface area contributed by atoms with E-state index >= 15 is 0 Å². The summed E-state index contributed by atoms with van der Waals surface area (Å²) in [5.74, 6) is 1.42. The molecule has 0 atom stereocenters. The number of carboxylic acids is 1. The molecule has 5 rings (SSSR count). The molecule has 186 valence electrons. The molecule has 3 N–H and O–H groups in total. The first kappa shape index (κ1) is 23.8. The standard InChI is InChI=1S/C29H29NO6/c1-33-24-8-7-21(12-28(31)32)26(13-24)35-16-23-17-36-29-25(23)10-22(11-27(29)34-15-18-5-6-18)20-4-2-3-19(9-20)14-30/h2-4,7-11,13,17-18H,5-6,12,14-16,30H2,1H3,(H,31,32). The first-order chi connectivity index (χ1) is 17.5. The van der Waals surface area contributed by atoms with Gasteiger partial charge in [0, 0.05) is 29.1 Å². The van der Waals surface area contributed by atoms with Crippen molar-refractivity contribution >= 4 is 16.9 Å². The van der Waals surface area contributed by atoms with Crippen LogP contribution in [-0.2, 0) is 24.4 Å². The molecule has 1 saturated carbocycles. The van der Waals surface area contributed by atoms with Crippen LogP contribution in [0.1, 0.15) is 29.5 Å². The summed E-state index contributed by atoms with van der Waals surface area (Å²) in [7, 11) is 1.56. The summed E-state index contributed by atoms with van der Waals surface area (Å²) in [6, 6.07) is 17.4. The van der Waals surface area contributed by atoms with E-state index in [1.54, 1.807) is 31.6 Å². The van der Waals surface area contributed by atoms with Crippen LogP contribution >= 0.6 is 0 Å². The molecule has 3 aromatic carbocycles. The highest BCUT2D eigenvalue weighted by Gasteiger charge is 2.23. The molecule has 1 aliphatic rings. The Balaban J connectivity index is 1.50. The average molecular weight is 488 g/mol. The Morgan fingerprint density at radius 3 is 2.64 bits per heavy atom. The summed E-state index contributed by atoms with van der Waals surface area (Å²) in [5, 5.41) is 10.2. The maximum absolute atomic E-state index is 11.3. The van der Waals surface area contributed by atoms with Crippen LogP contribution in [0.2, 0.25) is 0 Å². The quantitative estimate of drug-likeness (QED) is 0.285. The molecule has 0 radical (unpaired) electrons. The molecule has 1 aliphatic carbocycles. The zero-order chi connectivity index (χ0) is 25.1. The van der Waals surface area contributed by atoms with Gasteiger partial charge in [-0.2, -0.15) is 0 Å². The lowest BCUT2D eigenvalue weighted by atomic mass is 10.00. The molecule has 7 nitrogen and oxygen atoms in total. The van der Waals surface area contributed by atoms with Gasteiger partial charge in [-0.05, 0) is 59.7 Å². The predicted octanol–water partition coefficient (Wildman–Crippen LogP) is 5.56. The normalized spacial score (nSPS) is 13.1. The van der Waals surface area contributed by atoms with Gasteiger partial charge in [-0.25, -0.2) is 0 Å². The third-order valence-corrected chi connectivity index (χ3v) is 6.39. The molecule has 0 spiro atoms. The van der Waals surface area contributed by atoms with Crippen LogP contribution < -0.4 is 19.9 Å². The number of hydrogen-bond donors (Lipinski definition) is 2. The number of nitrogens with two attached hydrogens (primary N) is 1. The zero-order valence-electron chi connectivity index (χ0n) is 20.2. The summed E-state index contributed by atoms with van der Waals surface area (Å²) in [5.41, 5.74) is 11.0. The van der Waals surface area contributed by atoms with E-state index in [1.165, 1.54) is 12.8 Å². The highest BCUT2D eigenvalue weighted by atomic mass is 16.5. The number of fused-ring (bicyclic) bond motifs is 1. The van der Waals surface area contributed by atoms with Crippen molar-refractivity contribution < 1.29 is 28.5 Å². The van der Waals surface area contributed by atoms with Gasteiger partial charge in [0.15, 0.2) is 11.3 Å². The number of carboxylic acid groups (broad SMARTS) is 1. The second-order valence-electron chi connectivity index (χ2n) is 9.10. The van der Waals surface area contributed by atoms with E-state index in [0.29, 0.717) is 47.5 Å². The van der Waals surface area contributed by atoms with E-state index in [9.17, 15) is 9.90 Å². The van der Waals surface area contributed by atoms with Crippen LogP contribution in [0.25, 0.3) is 22.1 Å². The fourth-order valence-electron chi connectivity index (χ4n) is 4.17. The topological polar surface area (TPSA) is 104 Å². The van der Waals surface area contributed by atoms with Gasteiger partial charge in [0.1, 0.15) is 18.1 Å². The highest BCUT2D eigenvalue weighted by Crippen LogP contribution is 2.38. The molecule has 1 aromatic heterocycles. The maximum Gasteiger partial charge on any atom is 0.307 e. The van der Waals surface area contributed by atoms with Crippen molar-refractivity contribution in [2.45, 2.75) is 32.4 Å². The lowest BCUT2D eigenvalue weighted by Gasteiger charge is -2.13. The van der Waals surface area contributed by atoms with Gasteiger partial charge in [0.2, 0.25) is 0 Å².